The summed E-state index contributed by atoms with van der Waals surface area (Å²) in [4.78, 5) is 4.44. The molecule has 2 aromatic carbocycles. The summed E-state index contributed by atoms with van der Waals surface area (Å²) in [5.74, 6) is 1.19. The van der Waals surface area contributed by atoms with Crippen LogP contribution in [0, 0.1) is 0 Å². The molecule has 20 heavy (non-hydrogen) atoms. The largest absolute Gasteiger partial charge is 0.347 e. The highest BCUT2D eigenvalue weighted by molar-refractivity contribution is 5.53. The van der Waals surface area contributed by atoms with Gasteiger partial charge in [-0.3, -0.25) is 0 Å². The minimum absolute atomic E-state index is 0.0395. The Morgan fingerprint density at radius 1 is 0.950 bits per heavy atom. The molecule has 3 aromatic rings. The van der Waals surface area contributed by atoms with Crippen molar-refractivity contribution in [2.24, 2.45) is 0 Å². The van der Waals surface area contributed by atoms with E-state index in [4.69, 9.17) is 4.52 Å². The van der Waals surface area contributed by atoms with Gasteiger partial charge >= 0.3 is 0 Å². The Morgan fingerprint density at radius 3 is 2.30 bits per heavy atom. The van der Waals surface area contributed by atoms with E-state index in [1.165, 1.54) is 5.56 Å². The fourth-order valence-electron chi connectivity index (χ4n) is 2.09. The molecule has 0 amide bonds. The maximum Gasteiger partial charge on any atom is 0.285 e. The fraction of sp³-hybridized carbons (Fsp3) is 0.125. The van der Waals surface area contributed by atoms with Gasteiger partial charge in [-0.25, -0.2) is 0 Å². The molecule has 0 bridgehead atoms. The highest BCUT2D eigenvalue weighted by atomic mass is 16.5. The number of aromatic nitrogens is 2. The molecule has 0 spiro atoms. The van der Waals surface area contributed by atoms with Gasteiger partial charge in [-0.1, -0.05) is 65.8 Å². The van der Waals surface area contributed by atoms with Crippen molar-refractivity contribution < 1.29 is 10.3 Å². The molecule has 0 aliphatic heterocycles. The van der Waals surface area contributed by atoms with Gasteiger partial charge in [0.05, 0.1) is 0 Å². The molecule has 0 aliphatic carbocycles. The molecule has 4 heteroatoms. The van der Waals surface area contributed by atoms with Crippen molar-refractivity contribution in [1.82, 2.24) is 10.1 Å². The van der Waals surface area contributed by atoms with E-state index in [0.717, 1.165) is 12.0 Å². The number of quaternary nitrogens is 1. The minimum Gasteiger partial charge on any atom is -0.347 e. The molecule has 100 valence electrons. The summed E-state index contributed by atoms with van der Waals surface area (Å²) < 4.78 is 5.33. The Kier molecular flexibility index (Phi) is 3.56. The first kappa shape index (κ1) is 12.6. The average molecular weight is 266 g/mol. The molecule has 3 rings (SSSR count). The van der Waals surface area contributed by atoms with E-state index in [0.29, 0.717) is 11.7 Å². The van der Waals surface area contributed by atoms with Crippen LogP contribution in [0.5, 0.6) is 0 Å². The second-order valence-electron chi connectivity index (χ2n) is 4.71. The summed E-state index contributed by atoms with van der Waals surface area (Å²) in [6.07, 6.45) is 0.789. The average Bonchev–Trinajstić information content (AvgIpc) is 2.99. The van der Waals surface area contributed by atoms with Crippen LogP contribution in [0.25, 0.3) is 11.4 Å². The summed E-state index contributed by atoms with van der Waals surface area (Å²) in [6.45, 7) is 0. The molecular formula is C16H16N3O+. The van der Waals surface area contributed by atoms with Gasteiger partial charge in [-0.2, -0.15) is 4.98 Å². The van der Waals surface area contributed by atoms with E-state index in [9.17, 15) is 0 Å². The number of hydrogen-bond donors (Lipinski definition) is 1. The Balaban J connectivity index is 1.77. The number of nitrogens with zero attached hydrogens (tertiary/aromatic N) is 2. The summed E-state index contributed by atoms with van der Waals surface area (Å²) in [5.41, 5.74) is 6.28. The lowest BCUT2D eigenvalue weighted by molar-refractivity contribution is -0.431. The van der Waals surface area contributed by atoms with E-state index < -0.39 is 0 Å². The van der Waals surface area contributed by atoms with Crippen molar-refractivity contribution in [3.8, 4) is 11.4 Å². The van der Waals surface area contributed by atoms with E-state index in [1.807, 2.05) is 48.5 Å². The predicted molar refractivity (Wildman–Crippen MR) is 75.5 cm³/mol. The quantitative estimate of drug-likeness (QED) is 0.787. The molecule has 0 unspecified atom stereocenters. The van der Waals surface area contributed by atoms with Crippen molar-refractivity contribution in [3.63, 3.8) is 0 Å². The van der Waals surface area contributed by atoms with Crippen LogP contribution in [-0.4, -0.2) is 10.1 Å². The summed E-state index contributed by atoms with van der Waals surface area (Å²) >= 11 is 0. The summed E-state index contributed by atoms with van der Waals surface area (Å²) in [5, 5.41) is 4.02. The van der Waals surface area contributed by atoms with Gasteiger partial charge in [-0.05, 0) is 5.56 Å². The Morgan fingerprint density at radius 2 is 1.60 bits per heavy atom. The molecule has 0 radical (unpaired) electrons. The normalized spacial score (nSPS) is 12.2. The molecule has 0 saturated carbocycles. The van der Waals surface area contributed by atoms with Crippen molar-refractivity contribution in [3.05, 3.63) is 72.1 Å². The monoisotopic (exact) mass is 266 g/mol. The van der Waals surface area contributed by atoms with Crippen LogP contribution in [0.1, 0.15) is 17.5 Å². The third-order valence-corrected chi connectivity index (χ3v) is 3.15. The number of hydrogen-bond acceptors (Lipinski definition) is 3. The molecule has 3 N–H and O–H groups in total. The Hall–Kier alpha value is -2.46. The van der Waals surface area contributed by atoms with Crippen molar-refractivity contribution in [1.29, 1.82) is 0 Å². The van der Waals surface area contributed by atoms with Crippen LogP contribution in [0.2, 0.25) is 0 Å². The van der Waals surface area contributed by atoms with Crippen molar-refractivity contribution in [2.75, 3.05) is 0 Å². The molecule has 0 fully saturated rings. The highest BCUT2D eigenvalue weighted by Crippen LogP contribution is 2.18. The first-order valence-corrected chi connectivity index (χ1v) is 6.59. The van der Waals surface area contributed by atoms with Gasteiger partial charge in [0.25, 0.3) is 5.89 Å². The SMILES string of the molecule is [NH3+][C@H](Cc1ccccc1)c1nc(-c2ccccc2)no1. The smallest absolute Gasteiger partial charge is 0.285 e. The van der Waals surface area contributed by atoms with Crippen LogP contribution in [0.15, 0.2) is 65.2 Å². The zero-order valence-electron chi connectivity index (χ0n) is 11.1. The van der Waals surface area contributed by atoms with Crippen LogP contribution in [-0.2, 0) is 6.42 Å². The third-order valence-electron chi connectivity index (χ3n) is 3.15. The maximum atomic E-state index is 5.33. The molecule has 1 aromatic heterocycles. The van der Waals surface area contributed by atoms with Gasteiger partial charge in [-0.15, -0.1) is 0 Å². The van der Waals surface area contributed by atoms with Crippen LogP contribution in [0.3, 0.4) is 0 Å². The second-order valence-corrected chi connectivity index (χ2v) is 4.71. The second kappa shape index (κ2) is 5.67. The molecular weight excluding hydrogens is 250 g/mol. The molecule has 0 saturated heterocycles. The van der Waals surface area contributed by atoms with Gasteiger partial charge in [0.1, 0.15) is 0 Å². The van der Waals surface area contributed by atoms with E-state index in [1.54, 1.807) is 0 Å². The standard InChI is InChI=1S/C16H15N3O/c17-14(11-12-7-3-1-4-8-12)16-18-15(19-20-16)13-9-5-2-6-10-13/h1-10,14H,11,17H2/p+1/t14-/m1/s1. The lowest BCUT2D eigenvalue weighted by Crippen LogP contribution is -2.54. The number of rotatable bonds is 4. The first-order chi connectivity index (χ1) is 9.83. The van der Waals surface area contributed by atoms with Gasteiger partial charge in [0, 0.05) is 12.0 Å². The van der Waals surface area contributed by atoms with Gasteiger partial charge in [0.2, 0.25) is 5.82 Å². The topological polar surface area (TPSA) is 66.6 Å². The maximum absolute atomic E-state index is 5.33. The Bertz CT molecular complexity index is 664. The van der Waals surface area contributed by atoms with E-state index >= 15 is 0 Å². The fourth-order valence-corrected chi connectivity index (χ4v) is 2.09. The zero-order valence-corrected chi connectivity index (χ0v) is 11.1. The van der Waals surface area contributed by atoms with Crippen molar-refractivity contribution in [2.45, 2.75) is 12.5 Å². The lowest BCUT2D eigenvalue weighted by Gasteiger charge is -2.03. The minimum atomic E-state index is -0.0395. The van der Waals surface area contributed by atoms with Crippen LogP contribution >= 0.6 is 0 Å². The van der Waals surface area contributed by atoms with Crippen LogP contribution in [0.4, 0.5) is 0 Å². The molecule has 4 nitrogen and oxygen atoms in total. The Labute approximate surface area is 117 Å². The lowest BCUT2D eigenvalue weighted by atomic mass is 10.1. The van der Waals surface area contributed by atoms with E-state index in [-0.39, 0.29) is 6.04 Å². The predicted octanol–water partition coefficient (Wildman–Crippen LogP) is 2.26. The summed E-state index contributed by atoms with van der Waals surface area (Å²) in [7, 11) is 0. The third kappa shape index (κ3) is 2.75. The van der Waals surface area contributed by atoms with E-state index in [2.05, 4.69) is 28.0 Å². The molecule has 1 heterocycles. The molecule has 1 atom stereocenters. The van der Waals surface area contributed by atoms with Gasteiger partial charge < -0.3 is 10.3 Å². The van der Waals surface area contributed by atoms with Gasteiger partial charge in [0.15, 0.2) is 6.04 Å². The molecule has 0 aliphatic rings. The zero-order chi connectivity index (χ0) is 13.8. The van der Waals surface area contributed by atoms with Crippen molar-refractivity contribution >= 4 is 0 Å². The summed E-state index contributed by atoms with van der Waals surface area (Å²) in [6, 6.07) is 20.0. The highest BCUT2D eigenvalue weighted by Gasteiger charge is 2.19. The first-order valence-electron chi connectivity index (χ1n) is 6.59. The number of benzene rings is 2. The van der Waals surface area contributed by atoms with Crippen LogP contribution < -0.4 is 5.73 Å².